The third kappa shape index (κ3) is 3.63. The summed E-state index contributed by atoms with van der Waals surface area (Å²) >= 11 is 0. The molecular formula is C12H16N4O2S. The maximum Gasteiger partial charge on any atom is 0.240 e. The molecule has 0 saturated carbocycles. The highest BCUT2D eigenvalue weighted by Gasteiger charge is 2.12. The predicted octanol–water partition coefficient (Wildman–Crippen LogP) is 0.320. The molecule has 0 aliphatic carbocycles. The highest BCUT2D eigenvalue weighted by molar-refractivity contribution is 7.89. The van der Waals surface area contributed by atoms with E-state index in [0.717, 1.165) is 5.56 Å². The van der Waals surface area contributed by atoms with Crippen LogP contribution in [0.5, 0.6) is 0 Å². The predicted molar refractivity (Wildman–Crippen MR) is 71.7 cm³/mol. The molecule has 1 aromatic carbocycles. The topological polar surface area (TPSA) is 90.0 Å². The van der Waals surface area contributed by atoms with Crippen molar-refractivity contribution in [2.45, 2.75) is 18.0 Å². The first-order valence-electron chi connectivity index (χ1n) is 5.88. The van der Waals surface area contributed by atoms with Crippen LogP contribution in [-0.4, -0.2) is 24.7 Å². The summed E-state index contributed by atoms with van der Waals surface area (Å²) in [6.07, 6.45) is 3.43. The van der Waals surface area contributed by atoms with Gasteiger partial charge >= 0.3 is 0 Å². The fourth-order valence-electron chi connectivity index (χ4n) is 1.62. The lowest BCUT2D eigenvalue weighted by Crippen LogP contribution is -2.27. The lowest BCUT2D eigenvalue weighted by molar-refractivity contribution is 0.561. The molecule has 0 bridgehead atoms. The van der Waals surface area contributed by atoms with E-state index in [9.17, 15) is 8.42 Å². The Morgan fingerprint density at radius 2 is 2.00 bits per heavy atom. The average molecular weight is 280 g/mol. The molecule has 0 saturated heterocycles. The average Bonchev–Trinajstić information content (AvgIpc) is 2.92. The van der Waals surface area contributed by atoms with Gasteiger partial charge in [-0.2, -0.15) is 5.10 Å². The highest BCUT2D eigenvalue weighted by Crippen LogP contribution is 2.09. The van der Waals surface area contributed by atoms with Crippen molar-refractivity contribution in [3.63, 3.8) is 0 Å². The van der Waals surface area contributed by atoms with E-state index in [1.165, 1.54) is 0 Å². The fourth-order valence-corrected chi connectivity index (χ4v) is 2.64. The molecule has 0 spiro atoms. The van der Waals surface area contributed by atoms with E-state index in [4.69, 9.17) is 5.73 Å². The van der Waals surface area contributed by atoms with Gasteiger partial charge in [0.15, 0.2) is 0 Å². The zero-order chi connectivity index (χ0) is 13.7. The summed E-state index contributed by atoms with van der Waals surface area (Å²) in [4.78, 5) is 0.241. The van der Waals surface area contributed by atoms with Crippen molar-refractivity contribution in [2.75, 3.05) is 6.54 Å². The van der Waals surface area contributed by atoms with E-state index in [1.54, 1.807) is 47.4 Å². The van der Waals surface area contributed by atoms with Gasteiger partial charge in [0, 0.05) is 25.5 Å². The second kappa shape index (κ2) is 5.96. The first kappa shape index (κ1) is 13.7. The van der Waals surface area contributed by atoms with Crippen LogP contribution in [-0.2, 0) is 23.1 Å². The SMILES string of the molecule is NCc1ccc(S(=O)(=O)NCCn2cccn2)cc1. The molecular weight excluding hydrogens is 264 g/mol. The molecule has 2 aromatic rings. The smallest absolute Gasteiger partial charge is 0.240 e. The number of nitrogens with two attached hydrogens (primary N) is 1. The Balaban J connectivity index is 1.97. The van der Waals surface area contributed by atoms with Gasteiger partial charge in [0.2, 0.25) is 10.0 Å². The highest BCUT2D eigenvalue weighted by atomic mass is 32.2. The van der Waals surface area contributed by atoms with Gasteiger partial charge in [-0.1, -0.05) is 12.1 Å². The molecule has 0 atom stereocenters. The Hall–Kier alpha value is -1.70. The van der Waals surface area contributed by atoms with Crippen molar-refractivity contribution in [1.29, 1.82) is 0 Å². The van der Waals surface area contributed by atoms with Crippen LogP contribution < -0.4 is 10.5 Å². The first-order chi connectivity index (χ1) is 9.12. The number of aromatic nitrogens is 2. The molecule has 6 nitrogen and oxygen atoms in total. The number of nitrogens with zero attached hydrogens (tertiary/aromatic N) is 2. The largest absolute Gasteiger partial charge is 0.326 e. The minimum Gasteiger partial charge on any atom is -0.326 e. The summed E-state index contributed by atoms with van der Waals surface area (Å²) in [5, 5.41) is 4.00. The Bertz CT molecular complexity index is 606. The molecule has 7 heteroatoms. The molecule has 2 rings (SSSR count). The maximum absolute atomic E-state index is 12.0. The standard InChI is InChI=1S/C12H16N4O2S/c13-10-11-2-4-12(5-3-11)19(17,18)15-7-9-16-8-1-6-14-16/h1-6,8,15H,7,9-10,13H2. The summed E-state index contributed by atoms with van der Waals surface area (Å²) < 4.78 is 28.2. The van der Waals surface area contributed by atoms with E-state index < -0.39 is 10.0 Å². The number of rotatable bonds is 6. The quantitative estimate of drug-likeness (QED) is 0.797. The molecule has 102 valence electrons. The van der Waals surface area contributed by atoms with E-state index >= 15 is 0 Å². The summed E-state index contributed by atoms with van der Waals surface area (Å²) in [7, 11) is -3.47. The van der Waals surface area contributed by atoms with E-state index in [2.05, 4.69) is 9.82 Å². The van der Waals surface area contributed by atoms with Crippen LogP contribution in [0.1, 0.15) is 5.56 Å². The number of nitrogens with one attached hydrogen (secondary N) is 1. The van der Waals surface area contributed by atoms with Crippen LogP contribution in [0.3, 0.4) is 0 Å². The van der Waals surface area contributed by atoms with E-state index in [-0.39, 0.29) is 4.90 Å². The number of hydrogen-bond donors (Lipinski definition) is 2. The van der Waals surface area contributed by atoms with Crippen molar-refractivity contribution >= 4 is 10.0 Å². The number of benzene rings is 1. The van der Waals surface area contributed by atoms with E-state index in [1.807, 2.05) is 0 Å². The number of sulfonamides is 1. The van der Waals surface area contributed by atoms with Gasteiger partial charge in [0.05, 0.1) is 11.4 Å². The third-order valence-corrected chi connectivity index (χ3v) is 4.14. The second-order valence-electron chi connectivity index (χ2n) is 4.01. The lowest BCUT2D eigenvalue weighted by Gasteiger charge is -2.07. The zero-order valence-electron chi connectivity index (χ0n) is 10.4. The molecule has 0 amide bonds. The Morgan fingerprint density at radius 1 is 1.26 bits per heavy atom. The Labute approximate surface area is 112 Å². The molecule has 3 N–H and O–H groups in total. The van der Waals surface area contributed by atoms with Crippen LogP contribution in [0.4, 0.5) is 0 Å². The fraction of sp³-hybridized carbons (Fsp3) is 0.250. The number of hydrogen-bond acceptors (Lipinski definition) is 4. The van der Waals surface area contributed by atoms with Crippen molar-refractivity contribution in [1.82, 2.24) is 14.5 Å². The van der Waals surface area contributed by atoms with Crippen molar-refractivity contribution in [3.8, 4) is 0 Å². The zero-order valence-corrected chi connectivity index (χ0v) is 11.2. The Morgan fingerprint density at radius 3 is 2.58 bits per heavy atom. The molecule has 19 heavy (non-hydrogen) atoms. The second-order valence-corrected chi connectivity index (χ2v) is 5.78. The van der Waals surface area contributed by atoms with Crippen LogP contribution in [0.25, 0.3) is 0 Å². The third-order valence-electron chi connectivity index (χ3n) is 2.66. The van der Waals surface area contributed by atoms with Crippen LogP contribution >= 0.6 is 0 Å². The summed E-state index contributed by atoms with van der Waals surface area (Å²) in [6, 6.07) is 8.32. The maximum atomic E-state index is 12.0. The molecule has 1 heterocycles. The van der Waals surface area contributed by atoms with Gasteiger partial charge in [-0.05, 0) is 23.8 Å². The van der Waals surface area contributed by atoms with Gasteiger partial charge < -0.3 is 5.73 Å². The van der Waals surface area contributed by atoms with Crippen LogP contribution in [0.2, 0.25) is 0 Å². The van der Waals surface area contributed by atoms with E-state index in [0.29, 0.717) is 19.6 Å². The molecule has 1 aromatic heterocycles. The van der Waals surface area contributed by atoms with Gasteiger partial charge in [0.25, 0.3) is 0 Å². The summed E-state index contributed by atoms with van der Waals surface area (Å²) in [5.74, 6) is 0. The molecule has 0 aliphatic rings. The van der Waals surface area contributed by atoms with Gasteiger partial charge in [-0.15, -0.1) is 0 Å². The minimum absolute atomic E-state index is 0.241. The van der Waals surface area contributed by atoms with Gasteiger partial charge in [-0.3, -0.25) is 4.68 Å². The Kier molecular flexibility index (Phi) is 4.31. The molecule has 0 unspecified atom stereocenters. The monoisotopic (exact) mass is 280 g/mol. The van der Waals surface area contributed by atoms with Crippen molar-refractivity contribution in [3.05, 3.63) is 48.3 Å². The summed E-state index contributed by atoms with van der Waals surface area (Å²) in [5.41, 5.74) is 6.37. The normalized spacial score (nSPS) is 11.6. The summed E-state index contributed by atoms with van der Waals surface area (Å²) in [6.45, 7) is 1.18. The van der Waals surface area contributed by atoms with Crippen LogP contribution in [0.15, 0.2) is 47.6 Å². The van der Waals surface area contributed by atoms with Gasteiger partial charge in [0.1, 0.15) is 0 Å². The van der Waals surface area contributed by atoms with Crippen molar-refractivity contribution < 1.29 is 8.42 Å². The van der Waals surface area contributed by atoms with Crippen LogP contribution in [0, 0.1) is 0 Å². The minimum atomic E-state index is -3.47. The van der Waals surface area contributed by atoms with Gasteiger partial charge in [-0.25, -0.2) is 13.1 Å². The molecule has 0 fully saturated rings. The first-order valence-corrected chi connectivity index (χ1v) is 7.36. The lowest BCUT2D eigenvalue weighted by atomic mass is 10.2. The van der Waals surface area contributed by atoms with Crippen molar-refractivity contribution in [2.24, 2.45) is 5.73 Å². The molecule has 0 radical (unpaired) electrons. The molecule has 0 aliphatic heterocycles.